The summed E-state index contributed by atoms with van der Waals surface area (Å²) in [7, 11) is 0. The topological polar surface area (TPSA) is 71.1 Å². The van der Waals surface area contributed by atoms with Crippen LogP contribution in [-0.2, 0) is 44.5 Å². The third-order valence-corrected chi connectivity index (χ3v) is 4.99. The Balaban J connectivity index is 0.00000211. The molecule has 42 heavy (non-hydrogen) atoms. The Morgan fingerprint density at radius 2 is 0.881 bits per heavy atom. The van der Waals surface area contributed by atoms with Gasteiger partial charge in [0.25, 0.3) is 0 Å². The number of alkyl halides is 4. The smallest absolute Gasteiger partial charge is 0.426 e. The third kappa shape index (κ3) is 11.1. The van der Waals surface area contributed by atoms with Crippen molar-refractivity contribution in [3.63, 3.8) is 0 Å². The lowest BCUT2D eigenvalue weighted by Crippen LogP contribution is -2.22. The Kier molecular flexibility index (Phi) is 14.6. The summed E-state index contributed by atoms with van der Waals surface area (Å²) in [6.07, 6.45) is -5.49. The molecule has 0 fully saturated rings. The molecule has 226 valence electrons. The van der Waals surface area contributed by atoms with Gasteiger partial charge in [0.15, 0.2) is 0 Å². The molecule has 0 aliphatic heterocycles. The van der Waals surface area contributed by atoms with Gasteiger partial charge < -0.3 is 18.9 Å². The van der Waals surface area contributed by atoms with Crippen LogP contribution >= 0.6 is 0 Å². The van der Waals surface area contributed by atoms with Gasteiger partial charge in [0.05, 0.1) is 11.1 Å². The minimum absolute atomic E-state index is 0.112. The molecule has 0 unspecified atom stereocenters. The van der Waals surface area contributed by atoms with Crippen LogP contribution < -0.4 is 9.47 Å². The monoisotopic (exact) mass is 590 g/mol. The second-order valence-electron chi connectivity index (χ2n) is 7.73. The van der Waals surface area contributed by atoms with E-state index in [4.69, 9.17) is 18.9 Å². The van der Waals surface area contributed by atoms with E-state index in [1.54, 1.807) is 0 Å². The average Bonchev–Trinajstić information content (AvgIpc) is 3.01. The zero-order chi connectivity index (χ0) is 31.8. The predicted octanol–water partition coefficient (Wildman–Crippen LogP) is 8.45. The van der Waals surface area contributed by atoms with Crippen LogP contribution in [0, 0.1) is 0 Å². The van der Waals surface area contributed by atoms with Crippen LogP contribution in [0.25, 0.3) is 0 Å². The zero-order valence-corrected chi connectivity index (χ0v) is 23.9. The largest absolute Gasteiger partial charge is 0.458 e. The highest BCUT2D eigenvalue weighted by Crippen LogP contribution is 2.35. The Hall–Kier alpha value is -4.60. The zero-order valence-electron chi connectivity index (χ0n) is 23.9. The van der Waals surface area contributed by atoms with E-state index >= 15 is 0 Å². The SMILES string of the molecule is C=CC(=O)OCc1ccc(C(F)(F)Oc2ccc(OC(F)(F)c3ccc(COC(=O)C=C)cc3)cc2)cc1.CC.CC. The molecular formula is C32H34F4O6. The average molecular weight is 591 g/mol. The first-order valence-electron chi connectivity index (χ1n) is 13.0. The molecule has 0 N–H and O–H groups in total. The molecule has 0 aliphatic carbocycles. The van der Waals surface area contributed by atoms with Crippen molar-refractivity contribution < 1.29 is 46.1 Å². The highest BCUT2D eigenvalue weighted by Gasteiger charge is 2.36. The number of rotatable bonds is 12. The molecule has 10 heteroatoms. The number of hydrogen-bond acceptors (Lipinski definition) is 6. The molecule has 6 nitrogen and oxygen atoms in total. The first kappa shape index (κ1) is 35.4. The van der Waals surface area contributed by atoms with Gasteiger partial charge in [-0.2, -0.15) is 17.6 Å². The number of hydrogen-bond donors (Lipinski definition) is 0. The van der Waals surface area contributed by atoms with Gasteiger partial charge in [0.1, 0.15) is 24.7 Å². The minimum Gasteiger partial charge on any atom is -0.458 e. The van der Waals surface area contributed by atoms with Gasteiger partial charge in [0, 0.05) is 12.2 Å². The van der Waals surface area contributed by atoms with E-state index < -0.39 is 35.3 Å². The van der Waals surface area contributed by atoms with Crippen molar-refractivity contribution in [3.05, 3.63) is 120 Å². The van der Waals surface area contributed by atoms with Crippen molar-refractivity contribution in [2.24, 2.45) is 0 Å². The maximum Gasteiger partial charge on any atom is 0.426 e. The first-order chi connectivity index (χ1) is 20.0. The molecule has 0 saturated heterocycles. The van der Waals surface area contributed by atoms with Crippen LogP contribution in [0.2, 0.25) is 0 Å². The highest BCUT2D eigenvalue weighted by molar-refractivity contribution is 5.81. The minimum atomic E-state index is -3.73. The lowest BCUT2D eigenvalue weighted by Gasteiger charge is -2.20. The Morgan fingerprint density at radius 3 is 1.14 bits per heavy atom. The number of carbonyl (C=O) groups is 2. The Bertz CT molecular complexity index is 1170. The summed E-state index contributed by atoms with van der Waals surface area (Å²) in [5.74, 6) is -1.86. The highest BCUT2D eigenvalue weighted by atomic mass is 19.3. The number of benzene rings is 3. The molecule has 0 saturated carbocycles. The summed E-state index contributed by atoms with van der Waals surface area (Å²) < 4.78 is 77.5. The van der Waals surface area contributed by atoms with E-state index in [1.165, 1.54) is 24.3 Å². The summed E-state index contributed by atoms with van der Waals surface area (Å²) >= 11 is 0. The van der Waals surface area contributed by atoms with Gasteiger partial charge >= 0.3 is 24.2 Å². The molecular weight excluding hydrogens is 556 g/mol. The van der Waals surface area contributed by atoms with Gasteiger partial charge in [-0.25, -0.2) is 9.59 Å². The fourth-order valence-corrected chi connectivity index (χ4v) is 3.01. The number of ether oxygens (including phenoxy) is 4. The molecule has 3 rings (SSSR count). The van der Waals surface area contributed by atoms with Gasteiger partial charge in [-0.3, -0.25) is 0 Å². The standard InChI is InChI=1S/C28H22F4O6.2C2H6/c1-3-25(33)35-17-19-5-9-21(10-6-19)27(29,30)37-23-13-15-24(16-14-23)38-28(31,32)22-11-7-20(8-12-22)18-36-26(34)4-2;2*1-2/h3-16H,1-2,17-18H2;2*1-2H3. The van der Waals surface area contributed by atoms with Crippen molar-refractivity contribution in [2.45, 2.75) is 53.1 Å². The summed E-state index contributed by atoms with van der Waals surface area (Å²) in [4.78, 5) is 22.2. The molecule has 3 aromatic rings. The van der Waals surface area contributed by atoms with Gasteiger partial charge in [0.2, 0.25) is 0 Å². The molecule has 0 heterocycles. The number of carbonyl (C=O) groups excluding carboxylic acids is 2. The number of esters is 2. The van der Waals surface area contributed by atoms with Crippen LogP contribution in [-0.4, -0.2) is 11.9 Å². The van der Waals surface area contributed by atoms with E-state index in [0.29, 0.717) is 11.1 Å². The second kappa shape index (κ2) is 17.3. The van der Waals surface area contributed by atoms with E-state index in [2.05, 4.69) is 13.2 Å². The molecule has 0 radical (unpaired) electrons. The van der Waals surface area contributed by atoms with Gasteiger partial charge in [-0.1, -0.05) is 65.1 Å². The Labute approximate surface area is 243 Å². The van der Waals surface area contributed by atoms with Gasteiger partial charge in [-0.15, -0.1) is 0 Å². The molecule has 0 bridgehead atoms. The fraction of sp³-hybridized carbons (Fsp3) is 0.250. The van der Waals surface area contributed by atoms with Crippen LogP contribution in [0.3, 0.4) is 0 Å². The summed E-state index contributed by atoms with van der Waals surface area (Å²) in [5.41, 5.74) is 0.0256. The van der Waals surface area contributed by atoms with Crippen LogP contribution in [0.1, 0.15) is 49.9 Å². The Morgan fingerprint density at radius 1 is 0.595 bits per heavy atom. The molecule has 0 atom stereocenters. The van der Waals surface area contributed by atoms with Crippen molar-refractivity contribution in [1.82, 2.24) is 0 Å². The summed E-state index contributed by atoms with van der Waals surface area (Å²) in [6.45, 7) is 14.3. The van der Waals surface area contributed by atoms with Crippen LogP contribution in [0.15, 0.2) is 98.1 Å². The van der Waals surface area contributed by atoms with Crippen LogP contribution in [0.5, 0.6) is 11.5 Å². The molecule has 0 aromatic heterocycles. The summed E-state index contributed by atoms with van der Waals surface area (Å²) in [5, 5.41) is 0. The van der Waals surface area contributed by atoms with E-state index in [9.17, 15) is 27.2 Å². The molecule has 0 aliphatic rings. The lowest BCUT2D eigenvalue weighted by molar-refractivity contribution is -0.188. The third-order valence-electron chi connectivity index (χ3n) is 4.99. The fourth-order valence-electron chi connectivity index (χ4n) is 3.01. The van der Waals surface area contributed by atoms with E-state index in [1.807, 2.05) is 27.7 Å². The van der Waals surface area contributed by atoms with Gasteiger partial charge in [-0.05, 0) is 59.7 Å². The van der Waals surface area contributed by atoms with Crippen molar-refractivity contribution in [1.29, 1.82) is 0 Å². The van der Waals surface area contributed by atoms with E-state index in [-0.39, 0.29) is 24.7 Å². The predicted molar refractivity (Wildman–Crippen MR) is 151 cm³/mol. The molecule has 3 aromatic carbocycles. The summed E-state index contributed by atoms with van der Waals surface area (Å²) in [6, 6.07) is 14.1. The normalized spacial score (nSPS) is 10.5. The second-order valence-corrected chi connectivity index (χ2v) is 7.73. The van der Waals surface area contributed by atoms with E-state index in [0.717, 1.165) is 60.7 Å². The van der Waals surface area contributed by atoms with Crippen LogP contribution in [0.4, 0.5) is 17.6 Å². The maximum atomic E-state index is 14.6. The van der Waals surface area contributed by atoms with Crippen molar-refractivity contribution in [2.75, 3.05) is 0 Å². The quantitative estimate of drug-likeness (QED) is 0.120. The molecule has 0 amide bonds. The number of halogens is 4. The molecule has 0 spiro atoms. The van der Waals surface area contributed by atoms with Crippen molar-refractivity contribution in [3.8, 4) is 11.5 Å². The first-order valence-corrected chi connectivity index (χ1v) is 13.0. The van der Waals surface area contributed by atoms with Crippen molar-refractivity contribution >= 4 is 11.9 Å². The maximum absolute atomic E-state index is 14.6. The lowest BCUT2D eigenvalue weighted by atomic mass is 10.1.